The topological polar surface area (TPSA) is 42.0 Å². The van der Waals surface area contributed by atoms with E-state index in [0.717, 1.165) is 11.8 Å². The molecule has 4 heteroatoms. The van der Waals surface area contributed by atoms with Gasteiger partial charge in [-0.15, -0.1) is 12.3 Å². The summed E-state index contributed by atoms with van der Waals surface area (Å²) < 4.78 is 0. The number of amides is 1. The third kappa shape index (κ3) is 3.09. The van der Waals surface area contributed by atoms with Crippen LogP contribution in [0.3, 0.4) is 0 Å². The molecule has 1 N–H and O–H groups in total. The van der Waals surface area contributed by atoms with Gasteiger partial charge in [-0.05, 0) is 18.6 Å². The number of aromatic nitrogens is 1. The highest BCUT2D eigenvalue weighted by molar-refractivity contribution is 6.35. The lowest BCUT2D eigenvalue weighted by Gasteiger charge is -2.14. The molecule has 1 aromatic carbocycles. The second-order valence-corrected chi connectivity index (χ2v) is 4.90. The molecule has 2 rings (SSSR count). The van der Waals surface area contributed by atoms with Gasteiger partial charge in [-0.2, -0.15) is 0 Å². The van der Waals surface area contributed by atoms with Crippen molar-refractivity contribution in [1.29, 1.82) is 0 Å². The van der Waals surface area contributed by atoms with Crippen LogP contribution in [0.25, 0.3) is 10.9 Å². The van der Waals surface area contributed by atoms with Crippen LogP contribution in [0.4, 0.5) is 0 Å². The third-order valence-corrected chi connectivity index (χ3v) is 3.40. The number of carbonyl (C=O) groups is 1. The van der Waals surface area contributed by atoms with Crippen LogP contribution in [0.5, 0.6) is 0 Å². The fraction of sp³-hybridized carbons (Fsp3) is 0.250. The molecule has 1 heterocycles. The number of para-hydroxylation sites is 1. The van der Waals surface area contributed by atoms with E-state index in [1.165, 1.54) is 0 Å². The van der Waals surface area contributed by atoms with E-state index in [1.54, 1.807) is 6.07 Å². The number of terminal acetylenes is 1. The summed E-state index contributed by atoms with van der Waals surface area (Å²) in [7, 11) is 0. The van der Waals surface area contributed by atoms with Gasteiger partial charge in [-0.25, -0.2) is 4.98 Å². The summed E-state index contributed by atoms with van der Waals surface area (Å²) in [4.78, 5) is 16.5. The zero-order chi connectivity index (χ0) is 14.5. The summed E-state index contributed by atoms with van der Waals surface area (Å²) in [5, 5.41) is 4.23. The number of hydrogen-bond donors (Lipinski definition) is 1. The number of rotatable bonds is 4. The van der Waals surface area contributed by atoms with E-state index >= 15 is 0 Å². The van der Waals surface area contributed by atoms with Crippen molar-refractivity contribution in [1.82, 2.24) is 10.3 Å². The summed E-state index contributed by atoms with van der Waals surface area (Å²) in [6, 6.07) is 8.99. The van der Waals surface area contributed by atoms with Crippen molar-refractivity contribution >= 4 is 28.4 Å². The number of fused-ring (bicyclic) bond motifs is 1. The van der Waals surface area contributed by atoms with Crippen LogP contribution in [0, 0.1) is 12.3 Å². The molecule has 0 saturated heterocycles. The van der Waals surface area contributed by atoms with Gasteiger partial charge in [0, 0.05) is 17.8 Å². The fourth-order valence-electron chi connectivity index (χ4n) is 1.95. The first-order chi connectivity index (χ1) is 9.65. The van der Waals surface area contributed by atoms with Gasteiger partial charge in [0.25, 0.3) is 5.91 Å². The van der Waals surface area contributed by atoms with Crippen molar-refractivity contribution in [3.8, 4) is 12.3 Å². The molecule has 0 saturated carbocycles. The number of hydrogen-bond acceptors (Lipinski definition) is 2. The van der Waals surface area contributed by atoms with E-state index in [-0.39, 0.29) is 11.9 Å². The lowest BCUT2D eigenvalue weighted by molar-refractivity contribution is 0.0932. The summed E-state index contributed by atoms with van der Waals surface area (Å²) >= 11 is 6.19. The summed E-state index contributed by atoms with van der Waals surface area (Å²) in [5.74, 6) is 2.31. The van der Waals surface area contributed by atoms with E-state index in [1.807, 2.05) is 31.2 Å². The molecule has 0 bridgehead atoms. The van der Waals surface area contributed by atoms with Crippen molar-refractivity contribution in [3.63, 3.8) is 0 Å². The Kier molecular flexibility index (Phi) is 4.60. The number of benzene rings is 1. The standard InChI is InChI=1S/C16H15ClN2O/c1-3-7-11(4-2)18-16(20)15-10-13(17)12-8-5-6-9-14(12)19-15/h1,5-6,8-11H,4,7H2,2H3,(H,18,20). The van der Waals surface area contributed by atoms with Gasteiger partial charge in [-0.3, -0.25) is 4.79 Å². The average molecular weight is 287 g/mol. The van der Waals surface area contributed by atoms with Crippen molar-refractivity contribution < 1.29 is 4.79 Å². The maximum Gasteiger partial charge on any atom is 0.270 e. The number of halogens is 1. The molecule has 1 atom stereocenters. The highest BCUT2D eigenvalue weighted by atomic mass is 35.5. The predicted octanol–water partition coefficient (Wildman–Crippen LogP) is 3.42. The van der Waals surface area contributed by atoms with Crippen LogP contribution in [0.2, 0.25) is 5.02 Å². The molecule has 20 heavy (non-hydrogen) atoms. The van der Waals surface area contributed by atoms with E-state index in [2.05, 4.69) is 16.2 Å². The van der Waals surface area contributed by atoms with Gasteiger partial charge >= 0.3 is 0 Å². The number of pyridine rings is 1. The zero-order valence-electron chi connectivity index (χ0n) is 11.2. The minimum atomic E-state index is -0.250. The molecule has 0 aliphatic heterocycles. The van der Waals surface area contributed by atoms with Crippen LogP contribution in [-0.4, -0.2) is 16.9 Å². The Morgan fingerprint density at radius 2 is 2.25 bits per heavy atom. The van der Waals surface area contributed by atoms with Crippen LogP contribution in [0.1, 0.15) is 30.3 Å². The van der Waals surface area contributed by atoms with Crippen molar-refractivity contribution in [2.75, 3.05) is 0 Å². The molecule has 2 aromatic rings. The van der Waals surface area contributed by atoms with Crippen molar-refractivity contribution in [2.24, 2.45) is 0 Å². The largest absolute Gasteiger partial charge is 0.347 e. The maximum atomic E-state index is 12.2. The molecule has 0 aliphatic carbocycles. The van der Waals surface area contributed by atoms with Crippen molar-refractivity contribution in [2.45, 2.75) is 25.8 Å². The highest BCUT2D eigenvalue weighted by Gasteiger charge is 2.14. The summed E-state index contributed by atoms with van der Waals surface area (Å²) in [5.41, 5.74) is 1.01. The average Bonchev–Trinajstić information content (AvgIpc) is 2.46. The first kappa shape index (κ1) is 14.4. The molecule has 1 aromatic heterocycles. The van der Waals surface area contributed by atoms with Gasteiger partial charge in [0.1, 0.15) is 5.69 Å². The van der Waals surface area contributed by atoms with Gasteiger partial charge < -0.3 is 5.32 Å². The molecular formula is C16H15ClN2O. The normalized spacial score (nSPS) is 11.8. The summed E-state index contributed by atoms with van der Waals surface area (Å²) in [6.07, 6.45) is 6.56. The molecule has 1 unspecified atom stereocenters. The van der Waals surface area contributed by atoms with Gasteiger partial charge in [0.2, 0.25) is 0 Å². The van der Waals surface area contributed by atoms with Crippen LogP contribution >= 0.6 is 11.6 Å². The smallest absolute Gasteiger partial charge is 0.270 e. The van der Waals surface area contributed by atoms with Gasteiger partial charge in [-0.1, -0.05) is 36.7 Å². The van der Waals surface area contributed by atoms with E-state index in [0.29, 0.717) is 22.7 Å². The van der Waals surface area contributed by atoms with Crippen molar-refractivity contribution in [3.05, 3.63) is 41.0 Å². The molecule has 0 aliphatic rings. The Morgan fingerprint density at radius 1 is 1.50 bits per heavy atom. The third-order valence-electron chi connectivity index (χ3n) is 3.09. The Labute approximate surface area is 123 Å². The Balaban J connectivity index is 2.29. The highest BCUT2D eigenvalue weighted by Crippen LogP contribution is 2.22. The first-order valence-corrected chi connectivity index (χ1v) is 6.83. The van der Waals surface area contributed by atoms with Crippen LogP contribution in [0.15, 0.2) is 30.3 Å². The van der Waals surface area contributed by atoms with Gasteiger partial charge in [0.05, 0.1) is 10.5 Å². The maximum absolute atomic E-state index is 12.2. The second kappa shape index (κ2) is 6.40. The fourth-order valence-corrected chi connectivity index (χ4v) is 2.21. The molecule has 102 valence electrons. The Bertz CT molecular complexity index is 676. The Hall–Kier alpha value is -2.05. The lowest BCUT2D eigenvalue weighted by atomic mass is 10.1. The van der Waals surface area contributed by atoms with Crippen LogP contribution in [-0.2, 0) is 0 Å². The number of carbonyl (C=O) groups excluding carboxylic acids is 1. The number of nitrogens with one attached hydrogen (secondary N) is 1. The van der Waals surface area contributed by atoms with Gasteiger partial charge in [0.15, 0.2) is 0 Å². The molecule has 0 fully saturated rings. The molecule has 1 amide bonds. The molecular weight excluding hydrogens is 272 g/mol. The molecule has 3 nitrogen and oxygen atoms in total. The zero-order valence-corrected chi connectivity index (χ0v) is 11.9. The number of nitrogens with zero attached hydrogens (tertiary/aromatic N) is 1. The predicted molar refractivity (Wildman–Crippen MR) is 81.7 cm³/mol. The second-order valence-electron chi connectivity index (χ2n) is 4.49. The molecule has 0 radical (unpaired) electrons. The van der Waals surface area contributed by atoms with Crippen LogP contribution < -0.4 is 5.32 Å². The Morgan fingerprint density at radius 3 is 2.95 bits per heavy atom. The van der Waals surface area contributed by atoms with E-state index < -0.39 is 0 Å². The minimum absolute atomic E-state index is 0.0421. The van der Waals surface area contributed by atoms with E-state index in [9.17, 15) is 4.79 Å². The monoisotopic (exact) mass is 286 g/mol. The van der Waals surface area contributed by atoms with E-state index in [4.69, 9.17) is 18.0 Å². The molecule has 0 spiro atoms. The lowest BCUT2D eigenvalue weighted by Crippen LogP contribution is -2.34. The first-order valence-electron chi connectivity index (χ1n) is 6.45. The summed E-state index contributed by atoms with van der Waals surface area (Å²) in [6.45, 7) is 1.98. The minimum Gasteiger partial charge on any atom is -0.347 e. The SMILES string of the molecule is C#CCC(CC)NC(=O)c1cc(Cl)c2ccccc2n1. The quantitative estimate of drug-likeness (QED) is 0.875.